The summed E-state index contributed by atoms with van der Waals surface area (Å²) < 4.78 is 5.47. The van der Waals surface area contributed by atoms with E-state index in [1.807, 2.05) is 6.92 Å². The highest BCUT2D eigenvalue weighted by molar-refractivity contribution is 6.32. The monoisotopic (exact) mass is 256 g/mol. The Morgan fingerprint density at radius 2 is 2.12 bits per heavy atom. The van der Waals surface area contributed by atoms with E-state index in [9.17, 15) is 4.79 Å². The fourth-order valence-electron chi connectivity index (χ4n) is 1.20. The molecule has 0 aliphatic heterocycles. The molecule has 2 atom stereocenters. The molecule has 0 fully saturated rings. The number of benzene rings is 1. The third-order valence-electron chi connectivity index (χ3n) is 2.25. The molecule has 0 aliphatic carbocycles. The molecule has 1 unspecified atom stereocenters. The second-order valence-corrected chi connectivity index (χ2v) is 4.24. The van der Waals surface area contributed by atoms with Crippen molar-refractivity contribution in [3.05, 3.63) is 29.3 Å². The largest absolute Gasteiger partial charge is 0.479 e. The lowest BCUT2D eigenvalue weighted by molar-refractivity contribution is -0.127. The summed E-state index contributed by atoms with van der Waals surface area (Å²) in [6.45, 7) is 3.90. The van der Waals surface area contributed by atoms with Crippen molar-refractivity contribution in [2.75, 3.05) is 6.54 Å². The maximum Gasteiger partial charge on any atom is 0.261 e. The van der Waals surface area contributed by atoms with Gasteiger partial charge in [0.15, 0.2) is 6.10 Å². The molecule has 0 saturated heterocycles. The van der Waals surface area contributed by atoms with Crippen LogP contribution in [0.25, 0.3) is 0 Å². The predicted octanol–water partition coefficient (Wildman–Crippen LogP) is 1.57. The molecule has 0 bridgehead atoms. The second kappa shape index (κ2) is 6.47. The summed E-state index contributed by atoms with van der Waals surface area (Å²) in [6.07, 6.45) is -0.608. The molecular formula is C12H17ClN2O2. The minimum absolute atomic E-state index is 0.0696. The van der Waals surface area contributed by atoms with Crippen molar-refractivity contribution in [3.63, 3.8) is 0 Å². The minimum atomic E-state index is -0.608. The Kier molecular flexibility index (Phi) is 5.25. The van der Waals surface area contributed by atoms with E-state index in [0.717, 1.165) is 0 Å². The van der Waals surface area contributed by atoms with E-state index in [1.54, 1.807) is 31.2 Å². The topological polar surface area (TPSA) is 64.3 Å². The summed E-state index contributed by atoms with van der Waals surface area (Å²) in [4.78, 5) is 11.7. The maximum absolute atomic E-state index is 11.7. The summed E-state index contributed by atoms with van der Waals surface area (Å²) in [7, 11) is 0. The van der Waals surface area contributed by atoms with Crippen LogP contribution in [0.1, 0.15) is 13.8 Å². The molecule has 1 amide bonds. The summed E-state index contributed by atoms with van der Waals surface area (Å²) in [6, 6.07) is 6.97. The van der Waals surface area contributed by atoms with Crippen LogP contribution < -0.4 is 15.8 Å². The molecule has 1 rings (SSSR count). The Balaban J connectivity index is 2.57. The lowest BCUT2D eigenvalue weighted by Crippen LogP contribution is -2.44. The predicted molar refractivity (Wildman–Crippen MR) is 68.2 cm³/mol. The molecule has 94 valence electrons. The Morgan fingerprint density at radius 1 is 1.47 bits per heavy atom. The highest BCUT2D eigenvalue weighted by Crippen LogP contribution is 2.24. The molecule has 0 radical (unpaired) electrons. The lowest BCUT2D eigenvalue weighted by atomic mass is 10.3. The van der Waals surface area contributed by atoms with Gasteiger partial charge in [0.2, 0.25) is 0 Å². The van der Waals surface area contributed by atoms with Crippen LogP contribution in [0, 0.1) is 0 Å². The standard InChI is InChI=1S/C12H17ClN2O2/c1-8(7-14)15-12(16)9(2)17-11-6-4-3-5-10(11)13/h3-6,8-9H,7,14H2,1-2H3,(H,15,16)/t8-,9?/m0/s1. The van der Waals surface area contributed by atoms with Crippen LogP contribution in [0.3, 0.4) is 0 Å². The zero-order chi connectivity index (χ0) is 12.8. The fraction of sp³-hybridized carbons (Fsp3) is 0.417. The van der Waals surface area contributed by atoms with E-state index < -0.39 is 6.10 Å². The average molecular weight is 257 g/mol. The van der Waals surface area contributed by atoms with Gasteiger partial charge in [-0.3, -0.25) is 4.79 Å². The van der Waals surface area contributed by atoms with Crippen LogP contribution in [-0.2, 0) is 4.79 Å². The molecule has 3 N–H and O–H groups in total. The van der Waals surface area contributed by atoms with E-state index in [1.165, 1.54) is 0 Å². The molecule has 5 heteroatoms. The van der Waals surface area contributed by atoms with Gasteiger partial charge in [-0.1, -0.05) is 23.7 Å². The maximum atomic E-state index is 11.7. The third kappa shape index (κ3) is 4.24. The Labute approximate surface area is 106 Å². The second-order valence-electron chi connectivity index (χ2n) is 3.84. The minimum Gasteiger partial charge on any atom is -0.479 e. The number of amides is 1. The summed E-state index contributed by atoms with van der Waals surface area (Å²) in [5.74, 6) is 0.292. The number of carbonyl (C=O) groups excluding carboxylic acids is 1. The van der Waals surface area contributed by atoms with E-state index in [4.69, 9.17) is 22.1 Å². The van der Waals surface area contributed by atoms with Crippen LogP contribution in [0.15, 0.2) is 24.3 Å². The van der Waals surface area contributed by atoms with Gasteiger partial charge in [-0.15, -0.1) is 0 Å². The molecule has 1 aromatic carbocycles. The van der Waals surface area contributed by atoms with Crippen LogP contribution in [0.5, 0.6) is 5.75 Å². The zero-order valence-electron chi connectivity index (χ0n) is 9.94. The summed E-state index contributed by atoms with van der Waals surface area (Å²) >= 11 is 5.93. The molecule has 1 aromatic rings. The highest BCUT2D eigenvalue weighted by Gasteiger charge is 2.17. The number of rotatable bonds is 5. The molecular weight excluding hydrogens is 240 g/mol. The number of hydrogen-bond acceptors (Lipinski definition) is 3. The fourth-order valence-corrected chi connectivity index (χ4v) is 1.38. The number of nitrogens with two attached hydrogens (primary N) is 1. The lowest BCUT2D eigenvalue weighted by Gasteiger charge is -2.18. The third-order valence-corrected chi connectivity index (χ3v) is 2.56. The molecule has 0 heterocycles. The number of nitrogens with one attached hydrogen (secondary N) is 1. The first-order valence-corrected chi connectivity index (χ1v) is 5.84. The van der Waals surface area contributed by atoms with Gasteiger partial charge < -0.3 is 15.8 Å². The van der Waals surface area contributed by atoms with Crippen LogP contribution >= 0.6 is 11.6 Å². The van der Waals surface area contributed by atoms with E-state index in [0.29, 0.717) is 17.3 Å². The van der Waals surface area contributed by atoms with Gasteiger partial charge in [-0.2, -0.15) is 0 Å². The van der Waals surface area contributed by atoms with Gasteiger partial charge in [0.25, 0.3) is 5.91 Å². The Bertz CT molecular complexity index is 385. The number of carbonyl (C=O) groups is 1. The van der Waals surface area contributed by atoms with Crippen molar-refractivity contribution in [1.82, 2.24) is 5.32 Å². The summed E-state index contributed by atoms with van der Waals surface area (Å²) in [5.41, 5.74) is 5.42. The first kappa shape index (κ1) is 13.8. The number of ether oxygens (including phenoxy) is 1. The SMILES string of the molecule is CC(Oc1ccccc1Cl)C(=O)N[C@@H](C)CN. The molecule has 0 aromatic heterocycles. The molecule has 0 aliphatic rings. The molecule has 0 spiro atoms. The van der Waals surface area contributed by atoms with E-state index in [2.05, 4.69) is 5.32 Å². The normalized spacial score (nSPS) is 13.9. The number of halogens is 1. The van der Waals surface area contributed by atoms with Crippen LogP contribution in [-0.4, -0.2) is 24.6 Å². The highest BCUT2D eigenvalue weighted by atomic mass is 35.5. The number of para-hydroxylation sites is 1. The van der Waals surface area contributed by atoms with Gasteiger partial charge in [-0.25, -0.2) is 0 Å². The first-order valence-electron chi connectivity index (χ1n) is 5.46. The Hall–Kier alpha value is -1.26. The first-order chi connectivity index (χ1) is 8.04. The smallest absolute Gasteiger partial charge is 0.261 e. The van der Waals surface area contributed by atoms with E-state index >= 15 is 0 Å². The van der Waals surface area contributed by atoms with Crippen molar-refractivity contribution in [2.24, 2.45) is 5.73 Å². The van der Waals surface area contributed by atoms with Crippen LogP contribution in [0.4, 0.5) is 0 Å². The van der Waals surface area contributed by atoms with Crippen molar-refractivity contribution in [2.45, 2.75) is 26.0 Å². The van der Waals surface area contributed by atoms with Crippen molar-refractivity contribution in [3.8, 4) is 5.75 Å². The molecule has 0 saturated carbocycles. The van der Waals surface area contributed by atoms with E-state index in [-0.39, 0.29) is 11.9 Å². The molecule has 4 nitrogen and oxygen atoms in total. The molecule has 17 heavy (non-hydrogen) atoms. The summed E-state index contributed by atoms with van der Waals surface area (Å²) in [5, 5.41) is 3.22. The van der Waals surface area contributed by atoms with Gasteiger partial charge in [0.1, 0.15) is 5.75 Å². The quantitative estimate of drug-likeness (QED) is 0.841. The van der Waals surface area contributed by atoms with Crippen molar-refractivity contribution < 1.29 is 9.53 Å². The van der Waals surface area contributed by atoms with Crippen molar-refractivity contribution in [1.29, 1.82) is 0 Å². The number of hydrogen-bond donors (Lipinski definition) is 2. The Morgan fingerprint density at radius 3 is 2.71 bits per heavy atom. The van der Waals surface area contributed by atoms with Gasteiger partial charge in [-0.05, 0) is 26.0 Å². The van der Waals surface area contributed by atoms with Crippen LogP contribution in [0.2, 0.25) is 5.02 Å². The van der Waals surface area contributed by atoms with Crippen molar-refractivity contribution >= 4 is 17.5 Å². The zero-order valence-corrected chi connectivity index (χ0v) is 10.7. The van der Waals surface area contributed by atoms with Gasteiger partial charge in [0.05, 0.1) is 5.02 Å². The average Bonchev–Trinajstić information content (AvgIpc) is 2.31. The van der Waals surface area contributed by atoms with Gasteiger partial charge in [0, 0.05) is 12.6 Å². The van der Waals surface area contributed by atoms with Gasteiger partial charge >= 0.3 is 0 Å².